The molecular weight excluding hydrogens is 436 g/mol. The molecule has 3 fully saturated rings. The number of nitrogens with one attached hydrogen (secondary N) is 1. The molecular formula is C29H46N4O2. The van der Waals surface area contributed by atoms with Crippen molar-refractivity contribution in [2.45, 2.75) is 90.6 Å². The molecule has 2 saturated heterocycles. The predicted octanol–water partition coefficient (Wildman–Crippen LogP) is 4.69. The van der Waals surface area contributed by atoms with Crippen LogP contribution in [0, 0.1) is 5.41 Å². The van der Waals surface area contributed by atoms with Crippen molar-refractivity contribution < 1.29 is 9.59 Å². The molecule has 0 aromatic heterocycles. The number of nitrogens with zero attached hydrogens (tertiary/aromatic N) is 3. The summed E-state index contributed by atoms with van der Waals surface area (Å²) in [6, 6.07) is 9.04. The molecule has 2 aliphatic heterocycles. The van der Waals surface area contributed by atoms with Crippen LogP contribution < -0.4 is 10.2 Å². The van der Waals surface area contributed by atoms with E-state index in [0.29, 0.717) is 12.5 Å². The van der Waals surface area contributed by atoms with Gasteiger partial charge in [0.2, 0.25) is 5.91 Å². The fraction of sp³-hybridized carbons (Fsp3) is 0.724. The largest absolute Gasteiger partial charge is 0.371 e. The second-order valence-corrected chi connectivity index (χ2v) is 12.1. The molecule has 0 radical (unpaired) electrons. The maximum absolute atomic E-state index is 13.6. The van der Waals surface area contributed by atoms with E-state index < -0.39 is 0 Å². The van der Waals surface area contributed by atoms with Crippen molar-refractivity contribution in [1.29, 1.82) is 0 Å². The monoisotopic (exact) mass is 482 g/mol. The number of hydrogen-bond acceptors (Lipinski definition) is 4. The van der Waals surface area contributed by atoms with E-state index in [9.17, 15) is 9.59 Å². The highest BCUT2D eigenvalue weighted by Gasteiger charge is 2.30. The third-order valence-corrected chi connectivity index (χ3v) is 7.97. The van der Waals surface area contributed by atoms with Gasteiger partial charge in [-0.2, -0.15) is 0 Å². The summed E-state index contributed by atoms with van der Waals surface area (Å²) in [6.07, 6.45) is 10.5. The Hall–Kier alpha value is -2.08. The summed E-state index contributed by atoms with van der Waals surface area (Å²) in [6.45, 7) is 11.7. The summed E-state index contributed by atoms with van der Waals surface area (Å²) in [7, 11) is 0. The van der Waals surface area contributed by atoms with Gasteiger partial charge < -0.3 is 15.1 Å². The quantitative estimate of drug-likeness (QED) is 0.619. The summed E-state index contributed by atoms with van der Waals surface area (Å²) >= 11 is 0. The number of carbonyl (C=O) groups excluding carboxylic acids is 2. The Balaban J connectivity index is 1.31. The van der Waals surface area contributed by atoms with Crippen LogP contribution in [0.15, 0.2) is 24.3 Å². The van der Waals surface area contributed by atoms with Crippen LogP contribution in [0.3, 0.4) is 0 Å². The SMILES string of the molecule is CC(C)(C)CC(=O)NC1CCN(c2ccccc2C(=O)N2CCN(C3CCCCCC3)CC2)CC1. The van der Waals surface area contributed by atoms with Crippen molar-refractivity contribution in [2.75, 3.05) is 44.2 Å². The number of piperazine rings is 1. The average Bonchev–Trinajstić information content (AvgIpc) is 3.13. The van der Waals surface area contributed by atoms with Gasteiger partial charge in [-0.05, 0) is 43.2 Å². The van der Waals surface area contributed by atoms with Crippen molar-refractivity contribution >= 4 is 17.5 Å². The molecule has 2 heterocycles. The Labute approximate surface area is 212 Å². The molecule has 3 aliphatic rings. The van der Waals surface area contributed by atoms with Crippen molar-refractivity contribution in [3.63, 3.8) is 0 Å². The molecule has 4 rings (SSSR count). The Kier molecular flexibility index (Phi) is 8.74. The summed E-state index contributed by atoms with van der Waals surface area (Å²) in [5, 5.41) is 3.23. The number of para-hydroxylation sites is 1. The minimum absolute atomic E-state index is 0.00523. The van der Waals surface area contributed by atoms with Crippen LogP contribution in [0.5, 0.6) is 0 Å². The van der Waals surface area contributed by atoms with Crippen LogP contribution in [-0.4, -0.2) is 73.0 Å². The van der Waals surface area contributed by atoms with Gasteiger partial charge in [-0.15, -0.1) is 0 Å². The molecule has 0 spiro atoms. The average molecular weight is 483 g/mol. The van der Waals surface area contributed by atoms with Gasteiger partial charge in [0.05, 0.1) is 5.56 Å². The van der Waals surface area contributed by atoms with E-state index in [-0.39, 0.29) is 23.3 Å². The summed E-state index contributed by atoms with van der Waals surface area (Å²) < 4.78 is 0. The number of amides is 2. The lowest BCUT2D eigenvalue weighted by atomic mass is 9.91. The van der Waals surface area contributed by atoms with Gasteiger partial charge in [0.25, 0.3) is 5.91 Å². The lowest BCUT2D eigenvalue weighted by Crippen LogP contribution is -2.52. The smallest absolute Gasteiger partial charge is 0.256 e. The van der Waals surface area contributed by atoms with Gasteiger partial charge in [0.15, 0.2) is 0 Å². The molecule has 1 aliphatic carbocycles. The first-order chi connectivity index (χ1) is 16.8. The Morgan fingerprint density at radius 3 is 2.11 bits per heavy atom. The molecule has 0 unspecified atom stereocenters. The molecule has 1 aromatic carbocycles. The molecule has 35 heavy (non-hydrogen) atoms. The molecule has 1 N–H and O–H groups in total. The van der Waals surface area contributed by atoms with Crippen LogP contribution in [-0.2, 0) is 4.79 Å². The summed E-state index contributed by atoms with van der Waals surface area (Å²) in [5.41, 5.74) is 1.87. The van der Waals surface area contributed by atoms with Crippen molar-refractivity contribution in [3.8, 4) is 0 Å². The first-order valence-electron chi connectivity index (χ1n) is 14.0. The first-order valence-corrected chi connectivity index (χ1v) is 14.0. The van der Waals surface area contributed by atoms with E-state index in [4.69, 9.17) is 0 Å². The van der Waals surface area contributed by atoms with E-state index in [1.54, 1.807) is 0 Å². The lowest BCUT2D eigenvalue weighted by molar-refractivity contribution is -0.123. The van der Waals surface area contributed by atoms with E-state index in [1.807, 2.05) is 18.2 Å². The van der Waals surface area contributed by atoms with Crippen molar-refractivity contribution in [2.24, 2.45) is 5.41 Å². The van der Waals surface area contributed by atoms with Gasteiger partial charge in [0, 0.05) is 63.5 Å². The zero-order valence-electron chi connectivity index (χ0n) is 22.2. The number of rotatable bonds is 5. The van der Waals surface area contributed by atoms with E-state index in [1.165, 1.54) is 38.5 Å². The van der Waals surface area contributed by atoms with Gasteiger partial charge >= 0.3 is 0 Å². The van der Waals surface area contributed by atoms with Crippen LogP contribution in [0.25, 0.3) is 0 Å². The number of piperidine rings is 1. The molecule has 1 aromatic rings. The number of benzene rings is 1. The predicted molar refractivity (Wildman–Crippen MR) is 143 cm³/mol. The third kappa shape index (κ3) is 7.22. The van der Waals surface area contributed by atoms with Crippen molar-refractivity contribution in [1.82, 2.24) is 15.1 Å². The fourth-order valence-electron chi connectivity index (χ4n) is 6.04. The maximum Gasteiger partial charge on any atom is 0.256 e. The third-order valence-electron chi connectivity index (χ3n) is 7.97. The second kappa shape index (κ2) is 11.8. The normalized spacial score (nSPS) is 21.6. The molecule has 1 saturated carbocycles. The van der Waals surface area contributed by atoms with E-state index in [2.05, 4.69) is 46.9 Å². The molecule has 2 amide bonds. The van der Waals surface area contributed by atoms with Crippen LogP contribution in [0.1, 0.15) is 88.9 Å². The maximum atomic E-state index is 13.6. The first kappa shape index (κ1) is 26.0. The number of carbonyl (C=O) groups is 2. The van der Waals surface area contributed by atoms with Crippen LogP contribution in [0.4, 0.5) is 5.69 Å². The zero-order valence-corrected chi connectivity index (χ0v) is 22.2. The highest BCUT2D eigenvalue weighted by Crippen LogP contribution is 2.28. The fourth-order valence-corrected chi connectivity index (χ4v) is 6.04. The molecule has 0 bridgehead atoms. The highest BCUT2D eigenvalue weighted by atomic mass is 16.2. The van der Waals surface area contributed by atoms with Gasteiger partial charge in [0.1, 0.15) is 0 Å². The van der Waals surface area contributed by atoms with Crippen LogP contribution >= 0.6 is 0 Å². The molecule has 194 valence electrons. The summed E-state index contributed by atoms with van der Waals surface area (Å²) in [4.78, 5) is 33.0. The number of hydrogen-bond donors (Lipinski definition) is 1. The van der Waals surface area contributed by atoms with E-state index >= 15 is 0 Å². The molecule has 6 nitrogen and oxygen atoms in total. The van der Waals surface area contributed by atoms with Gasteiger partial charge in [-0.25, -0.2) is 0 Å². The lowest BCUT2D eigenvalue weighted by Gasteiger charge is -2.40. The summed E-state index contributed by atoms with van der Waals surface area (Å²) in [5.74, 6) is 0.316. The minimum atomic E-state index is 0.00523. The minimum Gasteiger partial charge on any atom is -0.371 e. The van der Waals surface area contributed by atoms with E-state index in [0.717, 1.165) is 63.4 Å². The van der Waals surface area contributed by atoms with Gasteiger partial charge in [-0.1, -0.05) is 58.6 Å². The highest BCUT2D eigenvalue weighted by molar-refractivity contribution is 6.00. The standard InChI is InChI=1S/C29H46N4O2/c1-29(2,3)22-27(34)30-23-14-16-32(17-15-23)26-13-9-8-12-25(26)28(35)33-20-18-31(19-21-33)24-10-6-4-5-7-11-24/h8-9,12-13,23-24H,4-7,10-11,14-22H2,1-3H3,(H,30,34). The zero-order chi connectivity index (χ0) is 24.8. The van der Waals surface area contributed by atoms with Crippen LogP contribution in [0.2, 0.25) is 0 Å². The molecule has 0 atom stereocenters. The van der Waals surface area contributed by atoms with Crippen molar-refractivity contribution in [3.05, 3.63) is 29.8 Å². The molecule has 6 heteroatoms. The topological polar surface area (TPSA) is 55.9 Å². The number of anilines is 1. The Morgan fingerprint density at radius 1 is 0.857 bits per heavy atom. The Morgan fingerprint density at radius 2 is 1.49 bits per heavy atom. The van der Waals surface area contributed by atoms with Gasteiger partial charge in [-0.3, -0.25) is 14.5 Å². The second-order valence-electron chi connectivity index (χ2n) is 12.1. The Bertz CT molecular complexity index is 840.